The number of rotatable bonds is 4. The zero-order valence-electron chi connectivity index (χ0n) is 21.0. The summed E-state index contributed by atoms with van der Waals surface area (Å²) in [6.45, 7) is 5.11. The van der Waals surface area contributed by atoms with Gasteiger partial charge in [0.1, 0.15) is 0 Å². The lowest BCUT2D eigenvalue weighted by Gasteiger charge is -2.15. The topological polar surface area (TPSA) is 105 Å². The van der Waals surface area contributed by atoms with Crippen LogP contribution in [0, 0.1) is 0 Å². The van der Waals surface area contributed by atoms with E-state index >= 15 is 0 Å². The van der Waals surface area contributed by atoms with E-state index in [1.165, 1.54) is 27.7 Å². The first-order valence-electron chi connectivity index (χ1n) is 11.7. The molecule has 8 heteroatoms. The molecule has 5 aromatic rings. The second-order valence-corrected chi connectivity index (χ2v) is 8.78. The number of benzene rings is 5. The molecule has 5 rings (SSSR count). The number of carbonyl (C=O) groups is 4. The van der Waals surface area contributed by atoms with Crippen LogP contribution in [-0.2, 0) is 19.2 Å². The molecule has 8 nitrogen and oxygen atoms in total. The van der Waals surface area contributed by atoms with Crippen molar-refractivity contribution in [3.63, 3.8) is 0 Å². The standard InChI is InChI=1S/C30H22O8/c1-15(31)35-27-11-9-21-23(29(27)37-17(3)33)7-5-19-13-20-6-8-24-22(26(20)14-25(19)21)10-12-28(36-16(2)32)30(24)38-18(4)34/h5-14H,1-4H3. The molecule has 0 amide bonds. The average molecular weight is 510 g/mol. The molecule has 0 aliphatic heterocycles. The van der Waals surface area contributed by atoms with Gasteiger partial charge in [-0.25, -0.2) is 0 Å². The van der Waals surface area contributed by atoms with Crippen LogP contribution in [-0.4, -0.2) is 23.9 Å². The molecule has 0 bridgehead atoms. The number of fused-ring (bicyclic) bond motifs is 6. The zero-order valence-corrected chi connectivity index (χ0v) is 21.0. The Morgan fingerprint density at radius 3 is 1.16 bits per heavy atom. The molecule has 0 aromatic heterocycles. The van der Waals surface area contributed by atoms with E-state index in [1.54, 1.807) is 12.1 Å². The Morgan fingerprint density at radius 1 is 0.421 bits per heavy atom. The molecule has 0 saturated heterocycles. The second-order valence-electron chi connectivity index (χ2n) is 8.78. The molecule has 0 spiro atoms. The monoisotopic (exact) mass is 510 g/mol. The summed E-state index contributed by atoms with van der Waals surface area (Å²) >= 11 is 0. The third kappa shape index (κ3) is 4.48. The van der Waals surface area contributed by atoms with Crippen LogP contribution in [0.5, 0.6) is 23.0 Å². The van der Waals surface area contributed by atoms with Gasteiger partial charge < -0.3 is 18.9 Å². The third-order valence-electron chi connectivity index (χ3n) is 5.98. The van der Waals surface area contributed by atoms with Gasteiger partial charge in [-0.1, -0.05) is 12.1 Å². The summed E-state index contributed by atoms with van der Waals surface area (Å²) < 4.78 is 21.5. The smallest absolute Gasteiger partial charge is 0.308 e. The lowest BCUT2D eigenvalue weighted by Crippen LogP contribution is -2.07. The summed E-state index contributed by atoms with van der Waals surface area (Å²) in [5.74, 6) is -1.54. The van der Waals surface area contributed by atoms with Gasteiger partial charge in [-0.2, -0.15) is 0 Å². The van der Waals surface area contributed by atoms with E-state index in [1.807, 2.05) is 48.5 Å². The molecule has 5 aromatic carbocycles. The molecule has 0 atom stereocenters. The van der Waals surface area contributed by atoms with Crippen molar-refractivity contribution in [2.24, 2.45) is 0 Å². The van der Waals surface area contributed by atoms with Crippen molar-refractivity contribution in [2.75, 3.05) is 0 Å². The molecule has 0 fully saturated rings. The van der Waals surface area contributed by atoms with E-state index < -0.39 is 23.9 Å². The molecule has 0 aliphatic rings. The fraction of sp³-hybridized carbons (Fsp3) is 0.133. The zero-order chi connectivity index (χ0) is 27.1. The summed E-state index contributed by atoms with van der Waals surface area (Å²) in [5, 5.41) is 6.38. The van der Waals surface area contributed by atoms with Crippen molar-refractivity contribution in [2.45, 2.75) is 27.7 Å². The van der Waals surface area contributed by atoms with Crippen molar-refractivity contribution in [3.05, 3.63) is 60.7 Å². The van der Waals surface area contributed by atoms with Gasteiger partial charge in [0.25, 0.3) is 0 Å². The molecule has 38 heavy (non-hydrogen) atoms. The van der Waals surface area contributed by atoms with Crippen molar-refractivity contribution in [1.82, 2.24) is 0 Å². The van der Waals surface area contributed by atoms with E-state index in [0.29, 0.717) is 10.8 Å². The summed E-state index contributed by atoms with van der Waals surface area (Å²) in [6.07, 6.45) is 0. The molecule has 0 N–H and O–H groups in total. The fourth-order valence-electron chi connectivity index (χ4n) is 4.65. The van der Waals surface area contributed by atoms with E-state index in [2.05, 4.69) is 0 Å². The Hall–Kier alpha value is -4.98. The first-order chi connectivity index (χ1) is 18.1. The minimum absolute atomic E-state index is 0.148. The van der Waals surface area contributed by atoms with Crippen LogP contribution in [0.4, 0.5) is 0 Å². The van der Waals surface area contributed by atoms with Gasteiger partial charge in [0, 0.05) is 38.5 Å². The largest absolute Gasteiger partial charge is 0.423 e. The van der Waals surface area contributed by atoms with Gasteiger partial charge in [-0.15, -0.1) is 0 Å². The number of carbonyl (C=O) groups excluding carboxylic acids is 4. The Labute approximate surface area is 216 Å². The SMILES string of the molecule is CC(=O)Oc1ccc2c(ccc3cc4ccc5c(OC(C)=O)c(OC(C)=O)ccc5c4cc32)c1OC(C)=O. The highest BCUT2D eigenvalue weighted by Crippen LogP contribution is 2.43. The molecular formula is C30H22O8. The normalized spacial score (nSPS) is 11.1. The van der Waals surface area contributed by atoms with Crippen LogP contribution in [0.2, 0.25) is 0 Å². The number of hydrogen-bond donors (Lipinski definition) is 0. The lowest BCUT2D eigenvalue weighted by atomic mass is 9.94. The van der Waals surface area contributed by atoms with Crippen LogP contribution in [0.25, 0.3) is 43.1 Å². The average Bonchev–Trinajstić information content (AvgIpc) is 2.84. The van der Waals surface area contributed by atoms with Gasteiger partial charge in [0.2, 0.25) is 0 Å². The predicted molar refractivity (Wildman–Crippen MR) is 142 cm³/mol. The van der Waals surface area contributed by atoms with Crippen LogP contribution >= 0.6 is 0 Å². The third-order valence-corrected chi connectivity index (χ3v) is 5.98. The summed E-state index contributed by atoms with van der Waals surface area (Å²) in [6, 6.07) is 18.3. The first-order valence-corrected chi connectivity index (χ1v) is 11.7. The van der Waals surface area contributed by atoms with Crippen molar-refractivity contribution < 1.29 is 38.1 Å². The number of hydrogen-bond acceptors (Lipinski definition) is 8. The van der Waals surface area contributed by atoms with E-state index in [9.17, 15) is 19.2 Å². The highest BCUT2D eigenvalue weighted by atomic mass is 16.6. The second kappa shape index (κ2) is 9.48. The van der Waals surface area contributed by atoms with E-state index in [0.717, 1.165) is 32.3 Å². The highest BCUT2D eigenvalue weighted by molar-refractivity contribution is 6.19. The Bertz CT molecular complexity index is 1700. The maximum absolute atomic E-state index is 11.9. The Balaban J connectivity index is 1.82. The summed E-state index contributed by atoms with van der Waals surface area (Å²) in [4.78, 5) is 47.0. The molecule has 0 heterocycles. The Kier molecular flexibility index (Phi) is 6.16. The maximum atomic E-state index is 11.9. The molecule has 0 radical (unpaired) electrons. The van der Waals surface area contributed by atoms with E-state index in [-0.39, 0.29) is 23.0 Å². The maximum Gasteiger partial charge on any atom is 0.308 e. The molecule has 0 unspecified atom stereocenters. The molecule has 190 valence electrons. The van der Waals surface area contributed by atoms with Crippen molar-refractivity contribution >= 4 is 67.0 Å². The first kappa shape index (κ1) is 24.7. The van der Waals surface area contributed by atoms with Gasteiger partial charge >= 0.3 is 23.9 Å². The minimum atomic E-state index is -0.544. The minimum Gasteiger partial charge on any atom is -0.423 e. The molecule has 0 saturated carbocycles. The predicted octanol–water partition coefficient (Wildman–Crippen LogP) is 6.00. The quantitative estimate of drug-likeness (QED) is 0.125. The van der Waals surface area contributed by atoms with Gasteiger partial charge in [-0.3, -0.25) is 19.2 Å². The number of esters is 4. The molecule has 0 aliphatic carbocycles. The summed E-state index contributed by atoms with van der Waals surface area (Å²) in [5.41, 5.74) is 0. The van der Waals surface area contributed by atoms with E-state index in [4.69, 9.17) is 18.9 Å². The van der Waals surface area contributed by atoms with Crippen LogP contribution in [0.15, 0.2) is 60.7 Å². The highest BCUT2D eigenvalue weighted by Gasteiger charge is 2.19. The van der Waals surface area contributed by atoms with Crippen LogP contribution in [0.3, 0.4) is 0 Å². The fourth-order valence-corrected chi connectivity index (χ4v) is 4.65. The van der Waals surface area contributed by atoms with Crippen LogP contribution in [0.1, 0.15) is 27.7 Å². The van der Waals surface area contributed by atoms with Crippen molar-refractivity contribution in [1.29, 1.82) is 0 Å². The number of ether oxygens (including phenoxy) is 4. The van der Waals surface area contributed by atoms with Gasteiger partial charge in [0.05, 0.1) is 0 Å². The van der Waals surface area contributed by atoms with Crippen LogP contribution < -0.4 is 18.9 Å². The van der Waals surface area contributed by atoms with Crippen molar-refractivity contribution in [3.8, 4) is 23.0 Å². The van der Waals surface area contributed by atoms with Gasteiger partial charge in [-0.05, 0) is 80.8 Å². The lowest BCUT2D eigenvalue weighted by molar-refractivity contribution is -0.134. The molecular weight excluding hydrogens is 488 g/mol. The summed E-state index contributed by atoms with van der Waals surface area (Å²) in [7, 11) is 0. The van der Waals surface area contributed by atoms with Gasteiger partial charge in [0.15, 0.2) is 23.0 Å². The Morgan fingerprint density at radius 2 is 0.789 bits per heavy atom.